The molecule has 2 N–H and O–H groups in total. The molecule has 25 heavy (non-hydrogen) atoms. The van der Waals surface area contributed by atoms with E-state index >= 15 is 0 Å². The number of alkyl carbamates (subject to hydrolysis) is 1. The van der Waals surface area contributed by atoms with Gasteiger partial charge < -0.3 is 19.6 Å². The van der Waals surface area contributed by atoms with E-state index in [1.165, 1.54) is 0 Å². The van der Waals surface area contributed by atoms with Gasteiger partial charge in [-0.3, -0.25) is 0 Å². The molecule has 6 heteroatoms. The van der Waals surface area contributed by atoms with E-state index in [9.17, 15) is 4.79 Å². The smallest absolute Gasteiger partial charge is 0.407 e. The molecule has 0 rings (SSSR count). The van der Waals surface area contributed by atoms with Gasteiger partial charge in [0, 0.05) is 0 Å². The summed E-state index contributed by atoms with van der Waals surface area (Å²) in [7, 11) is -1.96. The molecule has 0 aromatic carbocycles. The molecule has 0 aliphatic heterocycles. The second kappa shape index (κ2) is 9.74. The Bertz CT molecular complexity index is 436. The normalized spacial score (nSPS) is 15.9. The summed E-state index contributed by atoms with van der Waals surface area (Å²) in [4.78, 5) is 12.1. The summed E-state index contributed by atoms with van der Waals surface area (Å²) < 4.78 is 11.9. The van der Waals surface area contributed by atoms with Gasteiger partial charge in [0.2, 0.25) is 0 Å². The van der Waals surface area contributed by atoms with Crippen molar-refractivity contribution in [2.24, 2.45) is 0 Å². The van der Waals surface area contributed by atoms with Crippen LogP contribution in [0.1, 0.15) is 61.3 Å². The number of allylic oxidation sites excluding steroid dienone is 1. The first-order valence-corrected chi connectivity index (χ1v) is 12.0. The van der Waals surface area contributed by atoms with Gasteiger partial charge in [0.05, 0.1) is 18.8 Å². The lowest BCUT2D eigenvalue weighted by Crippen LogP contribution is -2.51. The van der Waals surface area contributed by atoms with Gasteiger partial charge in [-0.25, -0.2) is 4.79 Å². The van der Waals surface area contributed by atoms with E-state index < -0.39 is 20.0 Å². The largest absolute Gasteiger partial charge is 0.444 e. The Balaban J connectivity index is 5.04. The van der Waals surface area contributed by atoms with Crippen molar-refractivity contribution in [2.45, 2.75) is 97.2 Å². The number of rotatable bonds is 8. The number of nitrogens with one attached hydrogen (secondary N) is 1. The number of carbonyl (C=O) groups is 1. The molecular formula is C19H39NO4Si. The first-order valence-electron chi connectivity index (χ1n) is 9.13. The Labute approximate surface area is 155 Å². The van der Waals surface area contributed by atoms with Crippen molar-refractivity contribution in [3.05, 3.63) is 12.2 Å². The van der Waals surface area contributed by atoms with E-state index in [0.717, 1.165) is 12.8 Å². The van der Waals surface area contributed by atoms with Gasteiger partial charge in [-0.15, -0.1) is 0 Å². The van der Waals surface area contributed by atoms with E-state index in [4.69, 9.17) is 14.3 Å². The van der Waals surface area contributed by atoms with E-state index in [1.807, 2.05) is 33.8 Å². The number of carbonyl (C=O) groups excluding carboxylic acids is 1. The first-order chi connectivity index (χ1) is 11.2. The predicted molar refractivity (Wildman–Crippen MR) is 106 cm³/mol. The number of amides is 1. The molecule has 2 atom stereocenters. The van der Waals surface area contributed by atoms with Crippen LogP contribution in [0.4, 0.5) is 4.79 Å². The predicted octanol–water partition coefficient (Wildman–Crippen LogP) is 4.62. The molecular weight excluding hydrogens is 334 g/mol. The lowest BCUT2D eigenvalue weighted by atomic mass is 10.1. The number of aliphatic hydroxyl groups is 1. The van der Waals surface area contributed by atoms with Crippen LogP contribution in [0.2, 0.25) is 18.1 Å². The maximum Gasteiger partial charge on any atom is 0.407 e. The van der Waals surface area contributed by atoms with Crippen LogP contribution in [0.5, 0.6) is 0 Å². The minimum Gasteiger partial charge on any atom is -0.444 e. The SMILES string of the molecule is C[C@H](NC(=O)OC(C)(C)C)[C@H](CC/C=C/CO)O[Si](C)(C)C(C)(C)C. The van der Waals surface area contributed by atoms with Crippen LogP contribution < -0.4 is 5.32 Å². The lowest BCUT2D eigenvalue weighted by molar-refractivity contribution is 0.0440. The summed E-state index contributed by atoms with van der Waals surface area (Å²) >= 11 is 0. The average Bonchev–Trinajstić information content (AvgIpc) is 2.38. The van der Waals surface area contributed by atoms with Crippen molar-refractivity contribution in [2.75, 3.05) is 6.61 Å². The molecule has 148 valence electrons. The molecule has 0 saturated heterocycles. The Hall–Kier alpha value is -0.853. The molecule has 0 spiro atoms. The van der Waals surface area contributed by atoms with Crippen molar-refractivity contribution in [3.63, 3.8) is 0 Å². The number of hydrogen-bond donors (Lipinski definition) is 2. The Morgan fingerprint density at radius 3 is 2.16 bits per heavy atom. The standard InChI is InChI=1S/C19H39NO4Si/c1-15(20-17(22)23-18(2,3)4)16(13-11-10-12-14-21)24-25(8,9)19(5,6)7/h10,12,15-16,21H,11,13-14H2,1-9H3,(H,20,22)/b12-10+/t15-,16-/m0/s1. The molecule has 1 amide bonds. The molecule has 0 bridgehead atoms. The monoisotopic (exact) mass is 373 g/mol. The molecule has 0 radical (unpaired) electrons. The second-order valence-corrected chi connectivity index (χ2v) is 13.8. The summed E-state index contributed by atoms with van der Waals surface area (Å²) in [5.74, 6) is 0. The fourth-order valence-electron chi connectivity index (χ4n) is 2.01. The van der Waals surface area contributed by atoms with E-state index in [0.29, 0.717) is 0 Å². The Morgan fingerprint density at radius 2 is 1.72 bits per heavy atom. The van der Waals surface area contributed by atoms with Crippen LogP contribution >= 0.6 is 0 Å². The van der Waals surface area contributed by atoms with Gasteiger partial charge in [0.15, 0.2) is 8.32 Å². The van der Waals surface area contributed by atoms with Crippen LogP contribution in [0.15, 0.2) is 12.2 Å². The summed E-state index contributed by atoms with van der Waals surface area (Å²) in [6.07, 6.45) is 4.73. The maximum absolute atomic E-state index is 12.1. The van der Waals surface area contributed by atoms with E-state index in [1.54, 1.807) is 6.08 Å². The average molecular weight is 374 g/mol. The summed E-state index contributed by atoms with van der Waals surface area (Å²) in [6, 6.07) is -0.161. The Morgan fingerprint density at radius 1 is 1.16 bits per heavy atom. The maximum atomic E-state index is 12.1. The number of aliphatic hydroxyl groups excluding tert-OH is 1. The third kappa shape index (κ3) is 10.0. The lowest BCUT2D eigenvalue weighted by Gasteiger charge is -2.41. The molecule has 0 fully saturated rings. The summed E-state index contributed by atoms with van der Waals surface area (Å²) in [5.41, 5.74) is -0.524. The van der Waals surface area contributed by atoms with Gasteiger partial charge in [-0.05, 0) is 58.7 Å². The van der Waals surface area contributed by atoms with Crippen LogP contribution in [0, 0.1) is 0 Å². The molecule has 0 aromatic rings. The van der Waals surface area contributed by atoms with Gasteiger partial charge in [-0.1, -0.05) is 32.9 Å². The van der Waals surface area contributed by atoms with Crippen LogP contribution in [0.3, 0.4) is 0 Å². The fourth-order valence-corrected chi connectivity index (χ4v) is 3.44. The van der Waals surface area contributed by atoms with Crippen molar-refractivity contribution in [1.29, 1.82) is 0 Å². The molecule has 0 aromatic heterocycles. The first kappa shape index (κ1) is 24.1. The number of ether oxygens (including phenoxy) is 1. The van der Waals surface area contributed by atoms with Gasteiger partial charge in [0.25, 0.3) is 0 Å². The molecule has 0 heterocycles. The molecule has 0 aliphatic carbocycles. The van der Waals surface area contributed by atoms with Gasteiger partial charge in [-0.2, -0.15) is 0 Å². The highest BCUT2D eigenvalue weighted by molar-refractivity contribution is 6.74. The zero-order valence-electron chi connectivity index (χ0n) is 17.6. The van der Waals surface area contributed by atoms with E-state index in [-0.39, 0.29) is 23.8 Å². The van der Waals surface area contributed by atoms with Crippen molar-refractivity contribution in [1.82, 2.24) is 5.32 Å². The zero-order chi connectivity index (χ0) is 19.9. The molecule has 0 aliphatic rings. The van der Waals surface area contributed by atoms with Gasteiger partial charge >= 0.3 is 6.09 Å². The molecule has 0 saturated carbocycles. The summed E-state index contributed by atoms with van der Waals surface area (Å²) in [6.45, 7) is 18.6. The van der Waals surface area contributed by atoms with Crippen molar-refractivity contribution >= 4 is 14.4 Å². The van der Waals surface area contributed by atoms with Crippen LogP contribution in [0.25, 0.3) is 0 Å². The van der Waals surface area contributed by atoms with Crippen molar-refractivity contribution in [3.8, 4) is 0 Å². The Kier molecular flexibility index (Phi) is 9.40. The third-order valence-electron chi connectivity index (χ3n) is 4.44. The zero-order valence-corrected chi connectivity index (χ0v) is 18.6. The van der Waals surface area contributed by atoms with Crippen LogP contribution in [-0.4, -0.2) is 43.9 Å². The van der Waals surface area contributed by atoms with Crippen molar-refractivity contribution < 1.29 is 19.1 Å². The van der Waals surface area contributed by atoms with Crippen LogP contribution in [-0.2, 0) is 9.16 Å². The van der Waals surface area contributed by atoms with Gasteiger partial charge in [0.1, 0.15) is 5.60 Å². The molecule has 5 nitrogen and oxygen atoms in total. The van der Waals surface area contributed by atoms with E-state index in [2.05, 4.69) is 39.2 Å². The topological polar surface area (TPSA) is 67.8 Å². The highest BCUT2D eigenvalue weighted by atomic mass is 28.4. The minimum atomic E-state index is -1.96. The highest BCUT2D eigenvalue weighted by Crippen LogP contribution is 2.38. The third-order valence-corrected chi connectivity index (χ3v) is 8.95. The minimum absolute atomic E-state index is 0.0411. The fraction of sp³-hybridized carbons (Fsp3) is 0.842. The second-order valence-electron chi connectivity index (χ2n) is 9.08. The quantitative estimate of drug-likeness (QED) is 0.481. The molecule has 0 unspecified atom stereocenters. The summed E-state index contributed by atoms with van der Waals surface area (Å²) in [5, 5.41) is 11.9. The number of hydrogen-bond acceptors (Lipinski definition) is 4. The highest BCUT2D eigenvalue weighted by Gasteiger charge is 2.40.